The van der Waals surface area contributed by atoms with E-state index < -0.39 is 11.7 Å². The van der Waals surface area contributed by atoms with Gasteiger partial charge in [0.25, 0.3) is 11.8 Å². The van der Waals surface area contributed by atoms with Crippen LogP contribution in [0.3, 0.4) is 0 Å². The van der Waals surface area contributed by atoms with Crippen molar-refractivity contribution in [3.63, 3.8) is 0 Å². The van der Waals surface area contributed by atoms with Gasteiger partial charge in [-0.15, -0.1) is 0 Å². The van der Waals surface area contributed by atoms with Crippen LogP contribution in [-0.2, 0) is 11.3 Å². The second kappa shape index (κ2) is 13.9. The molecule has 0 aliphatic carbocycles. The van der Waals surface area contributed by atoms with Crippen LogP contribution in [0, 0.1) is 11.6 Å². The Kier molecular flexibility index (Phi) is 9.64. The standard InChI is InChI=1S/C35H34F2N4O3/c1-2-28(25-8-4-3-5-9-25)35(44)41-20-18-40(19-21-41)32-17-16-27(39-34(43)29-10-6-7-11-31(29)37)22-30(32)33(42)38-23-24-12-14-26(36)15-13-24/h3-17,22,28H,2,18-21,23H2,1H3,(H,38,42)(H,39,43)/t28-/m0/s1. The summed E-state index contributed by atoms with van der Waals surface area (Å²) >= 11 is 0. The van der Waals surface area contributed by atoms with Crippen LogP contribution in [0.4, 0.5) is 20.2 Å². The van der Waals surface area contributed by atoms with Crippen molar-refractivity contribution in [2.45, 2.75) is 25.8 Å². The molecule has 0 spiro atoms. The Balaban J connectivity index is 1.34. The van der Waals surface area contributed by atoms with Crippen molar-refractivity contribution < 1.29 is 23.2 Å². The van der Waals surface area contributed by atoms with Crippen LogP contribution in [0.2, 0.25) is 0 Å². The number of benzene rings is 4. The minimum atomic E-state index is -0.649. The summed E-state index contributed by atoms with van der Waals surface area (Å²) in [7, 11) is 0. The molecular formula is C35H34F2N4O3. The van der Waals surface area contributed by atoms with E-state index >= 15 is 0 Å². The maximum atomic E-state index is 14.2. The molecule has 2 N–H and O–H groups in total. The van der Waals surface area contributed by atoms with Crippen LogP contribution in [0.15, 0.2) is 97.1 Å². The third kappa shape index (κ3) is 7.11. The molecule has 1 aliphatic heterocycles. The average Bonchev–Trinajstić information content (AvgIpc) is 3.05. The number of halogens is 2. The Bertz CT molecular complexity index is 1620. The molecule has 3 amide bonds. The minimum Gasteiger partial charge on any atom is -0.367 e. The number of carbonyl (C=O) groups is 3. The summed E-state index contributed by atoms with van der Waals surface area (Å²) < 4.78 is 27.6. The zero-order valence-corrected chi connectivity index (χ0v) is 24.4. The third-order valence-corrected chi connectivity index (χ3v) is 7.82. The maximum absolute atomic E-state index is 14.2. The molecule has 0 radical (unpaired) electrons. The first-order valence-electron chi connectivity index (χ1n) is 14.6. The predicted molar refractivity (Wildman–Crippen MR) is 167 cm³/mol. The molecule has 1 fully saturated rings. The second-order valence-electron chi connectivity index (χ2n) is 10.7. The summed E-state index contributed by atoms with van der Waals surface area (Å²) in [6.07, 6.45) is 0.696. The molecule has 0 bridgehead atoms. The van der Waals surface area contributed by atoms with E-state index in [4.69, 9.17) is 0 Å². The first-order chi connectivity index (χ1) is 21.3. The van der Waals surface area contributed by atoms with Gasteiger partial charge in [0.2, 0.25) is 5.91 Å². The van der Waals surface area contributed by atoms with Gasteiger partial charge in [0, 0.05) is 44.1 Å². The summed E-state index contributed by atoms with van der Waals surface area (Å²) in [5, 5.41) is 5.57. The van der Waals surface area contributed by atoms with Gasteiger partial charge in [0.05, 0.1) is 17.0 Å². The molecule has 4 aromatic rings. The molecule has 9 heteroatoms. The van der Waals surface area contributed by atoms with E-state index in [1.54, 1.807) is 36.4 Å². The molecule has 5 rings (SSSR count). The van der Waals surface area contributed by atoms with E-state index in [1.807, 2.05) is 47.1 Å². The van der Waals surface area contributed by atoms with E-state index in [2.05, 4.69) is 10.6 Å². The largest absolute Gasteiger partial charge is 0.367 e. The molecular weight excluding hydrogens is 562 g/mol. The molecule has 0 unspecified atom stereocenters. The van der Waals surface area contributed by atoms with Crippen LogP contribution < -0.4 is 15.5 Å². The fourth-order valence-corrected chi connectivity index (χ4v) is 5.42. The van der Waals surface area contributed by atoms with E-state index in [-0.39, 0.29) is 35.7 Å². The van der Waals surface area contributed by atoms with Crippen LogP contribution in [0.1, 0.15) is 51.1 Å². The van der Waals surface area contributed by atoms with Crippen LogP contribution in [0.5, 0.6) is 0 Å². The highest BCUT2D eigenvalue weighted by Crippen LogP contribution is 2.28. The number of piperazine rings is 1. The monoisotopic (exact) mass is 596 g/mol. The molecule has 1 aliphatic rings. The first-order valence-corrected chi connectivity index (χ1v) is 14.6. The normalized spacial score (nSPS) is 13.7. The van der Waals surface area contributed by atoms with Crippen molar-refractivity contribution in [1.29, 1.82) is 0 Å². The number of amides is 3. The smallest absolute Gasteiger partial charge is 0.258 e. The second-order valence-corrected chi connectivity index (χ2v) is 10.7. The summed E-state index contributed by atoms with van der Waals surface area (Å²) in [6, 6.07) is 26.3. The number of hydrogen-bond acceptors (Lipinski definition) is 4. The van der Waals surface area contributed by atoms with Gasteiger partial charge in [-0.2, -0.15) is 0 Å². The number of nitrogens with one attached hydrogen (secondary N) is 2. The first kappa shape index (κ1) is 30.4. The SMILES string of the molecule is CC[C@H](C(=O)N1CCN(c2ccc(NC(=O)c3ccccc3F)cc2C(=O)NCc2ccc(F)cc2)CC1)c1ccccc1. The van der Waals surface area contributed by atoms with Crippen molar-refractivity contribution in [1.82, 2.24) is 10.2 Å². The fourth-order valence-electron chi connectivity index (χ4n) is 5.42. The van der Waals surface area contributed by atoms with Crippen molar-refractivity contribution in [2.75, 3.05) is 36.4 Å². The number of anilines is 2. The summed E-state index contributed by atoms with van der Waals surface area (Å²) in [5.74, 6) is -2.17. The Morgan fingerprint density at radius 3 is 2.14 bits per heavy atom. The van der Waals surface area contributed by atoms with Crippen molar-refractivity contribution in [3.05, 3.63) is 131 Å². The number of nitrogens with zero attached hydrogens (tertiary/aromatic N) is 2. The fraction of sp³-hybridized carbons (Fsp3) is 0.229. The summed E-state index contributed by atoms with van der Waals surface area (Å²) in [6.45, 7) is 4.18. The van der Waals surface area contributed by atoms with E-state index in [9.17, 15) is 23.2 Å². The minimum absolute atomic E-state index is 0.0850. The Hall–Kier alpha value is -5.05. The summed E-state index contributed by atoms with van der Waals surface area (Å²) in [5.41, 5.74) is 2.90. The molecule has 0 saturated carbocycles. The van der Waals surface area contributed by atoms with Gasteiger partial charge in [0.1, 0.15) is 11.6 Å². The van der Waals surface area contributed by atoms with Crippen LogP contribution in [-0.4, -0.2) is 48.8 Å². The molecule has 1 atom stereocenters. The Morgan fingerprint density at radius 2 is 1.45 bits per heavy atom. The van der Waals surface area contributed by atoms with Crippen LogP contribution in [0.25, 0.3) is 0 Å². The zero-order valence-electron chi connectivity index (χ0n) is 24.4. The third-order valence-electron chi connectivity index (χ3n) is 7.82. The number of hydrogen-bond donors (Lipinski definition) is 2. The Labute approximate surface area is 255 Å². The maximum Gasteiger partial charge on any atom is 0.258 e. The van der Waals surface area contributed by atoms with Gasteiger partial charge < -0.3 is 20.4 Å². The topological polar surface area (TPSA) is 81.8 Å². The lowest BCUT2D eigenvalue weighted by atomic mass is 9.94. The number of rotatable bonds is 9. The highest BCUT2D eigenvalue weighted by Gasteiger charge is 2.29. The molecule has 4 aromatic carbocycles. The van der Waals surface area contributed by atoms with Crippen molar-refractivity contribution >= 4 is 29.1 Å². The molecule has 226 valence electrons. The molecule has 0 aromatic heterocycles. The predicted octanol–water partition coefficient (Wildman–Crippen LogP) is 5.99. The van der Waals surface area contributed by atoms with Gasteiger partial charge in [-0.05, 0) is 60.0 Å². The Morgan fingerprint density at radius 1 is 0.773 bits per heavy atom. The van der Waals surface area contributed by atoms with Gasteiger partial charge in [-0.3, -0.25) is 14.4 Å². The van der Waals surface area contributed by atoms with Gasteiger partial charge >= 0.3 is 0 Å². The lowest BCUT2D eigenvalue weighted by molar-refractivity contribution is -0.133. The highest BCUT2D eigenvalue weighted by atomic mass is 19.1. The molecule has 7 nitrogen and oxygen atoms in total. The van der Waals surface area contributed by atoms with Crippen molar-refractivity contribution in [3.8, 4) is 0 Å². The van der Waals surface area contributed by atoms with Crippen molar-refractivity contribution in [2.24, 2.45) is 0 Å². The highest BCUT2D eigenvalue weighted by molar-refractivity contribution is 6.06. The zero-order chi connectivity index (χ0) is 31.1. The number of carbonyl (C=O) groups excluding carboxylic acids is 3. The van der Waals surface area contributed by atoms with E-state index in [1.165, 1.54) is 30.3 Å². The van der Waals surface area contributed by atoms with E-state index in [0.717, 1.165) is 11.1 Å². The lowest BCUT2D eigenvalue weighted by Gasteiger charge is -2.38. The van der Waals surface area contributed by atoms with Crippen LogP contribution >= 0.6 is 0 Å². The van der Waals surface area contributed by atoms with Gasteiger partial charge in [0.15, 0.2) is 0 Å². The molecule has 1 saturated heterocycles. The van der Waals surface area contributed by atoms with E-state index in [0.29, 0.717) is 49.5 Å². The quantitative estimate of drug-likeness (QED) is 0.249. The molecule has 1 heterocycles. The lowest BCUT2D eigenvalue weighted by Crippen LogP contribution is -2.50. The summed E-state index contributed by atoms with van der Waals surface area (Å²) in [4.78, 5) is 43.7. The van der Waals surface area contributed by atoms with Gasteiger partial charge in [-0.25, -0.2) is 8.78 Å². The average molecular weight is 597 g/mol. The molecule has 44 heavy (non-hydrogen) atoms. The van der Waals surface area contributed by atoms with Gasteiger partial charge in [-0.1, -0.05) is 61.5 Å².